The Labute approximate surface area is 95.3 Å². The van der Waals surface area contributed by atoms with Crippen LogP contribution >= 0.6 is 36.1 Å². The van der Waals surface area contributed by atoms with Gasteiger partial charge in [0.15, 0.2) is 3.79 Å². The maximum absolute atomic E-state index is 9.43. The van der Waals surface area contributed by atoms with Gasteiger partial charge in [0.25, 0.3) is 0 Å². The number of rotatable bonds is 2. The Bertz CT molecular complexity index is 110. The van der Waals surface area contributed by atoms with Crippen LogP contribution < -0.4 is 0 Å². The van der Waals surface area contributed by atoms with Crippen LogP contribution in [-0.4, -0.2) is 47.7 Å². The summed E-state index contributed by atoms with van der Waals surface area (Å²) in [4.78, 5) is 9.43. The van der Waals surface area contributed by atoms with E-state index in [4.69, 9.17) is 5.11 Å². The van der Waals surface area contributed by atoms with E-state index in [9.17, 15) is 4.79 Å². The molecule has 0 saturated carbocycles. The van der Waals surface area contributed by atoms with Gasteiger partial charge < -0.3 is 9.59 Å². The average Bonchev–Trinajstić information content (AvgIpc) is 1.58. The van der Waals surface area contributed by atoms with Gasteiger partial charge in [0.2, 0.25) is 0 Å². The predicted molar refractivity (Wildman–Crippen MR) is 65.1 cm³/mol. The second kappa shape index (κ2) is 9.76. The van der Waals surface area contributed by atoms with Crippen LogP contribution in [0.2, 0.25) is 0 Å². The van der Waals surface area contributed by atoms with Gasteiger partial charge in [-0.15, -0.1) is 0 Å². The quantitative estimate of drug-likeness (QED) is 0.465. The molecular weight excluding hydrogens is 289 g/mol. The van der Waals surface area contributed by atoms with Crippen molar-refractivity contribution < 1.29 is 14.4 Å². The smallest absolute Gasteiger partial charge is 0.189 e. The van der Waals surface area contributed by atoms with Crippen LogP contribution in [0.15, 0.2) is 0 Å². The molecule has 0 amide bonds. The highest BCUT2D eigenvalue weighted by molar-refractivity contribution is 14.1. The third-order valence-corrected chi connectivity index (χ3v) is 0.771. The average molecular weight is 308 g/mol. The van der Waals surface area contributed by atoms with Crippen LogP contribution in [-0.2, 0) is 4.79 Å². The van der Waals surface area contributed by atoms with Crippen molar-refractivity contribution in [3.8, 4) is 0 Å². The van der Waals surface area contributed by atoms with Crippen LogP contribution in [0.4, 0.5) is 0 Å². The molecule has 0 spiro atoms. The molecule has 0 radical (unpaired) electrons. The molecule has 0 aromatic carbocycles. The summed E-state index contributed by atoms with van der Waals surface area (Å²) < 4.78 is 0.980. The number of hydrogen-bond acceptors (Lipinski definition) is 2. The van der Waals surface area contributed by atoms with Crippen LogP contribution in [0.5, 0.6) is 0 Å². The Balaban J connectivity index is -0.000000142. The number of likely N-dealkylation sites (N-methyl/N-ethyl adjacent to an activating group) is 1. The lowest BCUT2D eigenvalue weighted by atomic mass is 10.5. The second-order valence-electron chi connectivity index (χ2n) is 3.21. The molecule has 0 unspecified atom stereocenters. The molecule has 0 aliphatic rings. The summed E-state index contributed by atoms with van der Waals surface area (Å²) >= 11 is 1.70. The van der Waals surface area contributed by atoms with Crippen molar-refractivity contribution >= 4 is 39.9 Å². The van der Waals surface area contributed by atoms with E-state index in [0.29, 0.717) is 0 Å². The molecular formula is C7H19INO2S+. The molecule has 5 heteroatoms. The number of carbonyl (C=O) groups is 1. The minimum Gasteiger partial charge on any atom is -0.391 e. The van der Waals surface area contributed by atoms with Crippen molar-refractivity contribution in [2.75, 3.05) is 34.3 Å². The second-order valence-corrected chi connectivity index (χ2v) is 4.73. The number of nitrogens with zero attached hydrogens (tertiary/aromatic N) is 1. The molecule has 76 valence electrons. The normalized spacial score (nSPS) is 9.17. The van der Waals surface area contributed by atoms with E-state index >= 15 is 0 Å². The van der Waals surface area contributed by atoms with Crippen molar-refractivity contribution in [1.29, 1.82) is 0 Å². The van der Waals surface area contributed by atoms with Gasteiger partial charge in [0.1, 0.15) is 6.54 Å². The fourth-order valence-electron chi connectivity index (χ4n) is 0.300. The summed E-state index contributed by atoms with van der Waals surface area (Å²) in [5.41, 5.74) is 0. The first-order valence-corrected chi connectivity index (χ1v) is 4.45. The monoisotopic (exact) mass is 308 g/mol. The van der Waals surface area contributed by atoms with Gasteiger partial charge >= 0.3 is 0 Å². The Morgan fingerprint density at radius 3 is 1.67 bits per heavy atom. The zero-order chi connectivity index (χ0) is 9.49. The molecule has 0 aliphatic carbocycles. The summed E-state index contributed by atoms with van der Waals surface area (Å²) in [6.45, 7) is 2.63. The summed E-state index contributed by atoms with van der Waals surface area (Å²) in [6, 6.07) is 0. The number of quaternary nitrogens is 1. The summed E-state index contributed by atoms with van der Waals surface area (Å²) in [5, 5.41) is 8.39. The van der Waals surface area contributed by atoms with Crippen molar-refractivity contribution in [2.45, 2.75) is 6.92 Å². The first-order valence-electron chi connectivity index (χ1n) is 3.37. The van der Waals surface area contributed by atoms with E-state index in [2.05, 4.69) is 21.1 Å². The summed E-state index contributed by atoms with van der Waals surface area (Å²) in [6.07, 6.45) is 0. The van der Waals surface area contributed by atoms with Gasteiger partial charge in [-0.25, -0.2) is 0 Å². The Morgan fingerprint density at radius 1 is 1.42 bits per heavy atom. The minimum atomic E-state index is 0. The lowest BCUT2D eigenvalue weighted by Gasteiger charge is -2.21. The third kappa shape index (κ3) is 45.7. The highest BCUT2D eigenvalue weighted by Crippen LogP contribution is 1.84. The molecule has 0 heterocycles. The standard InChI is InChI=1S/C5H14NO.C2H3IO.H2S/c1-6(2,3)4-5-7;1-2(3)4;/h7H,4-5H2,1-3H3;1H3;1H2/q+1;;. The van der Waals surface area contributed by atoms with Crippen molar-refractivity contribution in [3.63, 3.8) is 0 Å². The van der Waals surface area contributed by atoms with Crippen LogP contribution in [0, 0.1) is 0 Å². The van der Waals surface area contributed by atoms with Gasteiger partial charge in [0, 0.05) is 6.92 Å². The summed E-state index contributed by atoms with van der Waals surface area (Å²) in [5.74, 6) is 0. The topological polar surface area (TPSA) is 37.3 Å². The van der Waals surface area contributed by atoms with Gasteiger partial charge in [-0.3, -0.25) is 4.79 Å². The molecule has 0 bridgehead atoms. The molecule has 0 aromatic rings. The molecule has 0 saturated heterocycles. The maximum atomic E-state index is 9.43. The predicted octanol–water partition coefficient (Wildman–Crippen LogP) is 0.766. The third-order valence-electron chi connectivity index (χ3n) is 0.771. The SMILES string of the molecule is CC(=O)I.C[N+](C)(C)CCO.S. The van der Waals surface area contributed by atoms with Gasteiger partial charge in [0.05, 0.1) is 27.7 Å². The first-order chi connectivity index (χ1) is 4.79. The highest BCUT2D eigenvalue weighted by Gasteiger charge is 2.02. The molecule has 0 atom stereocenters. The van der Waals surface area contributed by atoms with E-state index in [-0.39, 0.29) is 23.9 Å². The van der Waals surface area contributed by atoms with Gasteiger partial charge in [-0.2, -0.15) is 13.5 Å². The first kappa shape index (κ1) is 18.5. The Morgan fingerprint density at radius 2 is 1.67 bits per heavy atom. The zero-order valence-electron chi connectivity index (χ0n) is 8.09. The molecule has 1 N–H and O–H groups in total. The van der Waals surface area contributed by atoms with Crippen LogP contribution in [0.3, 0.4) is 0 Å². The van der Waals surface area contributed by atoms with E-state index in [0.717, 1.165) is 11.0 Å². The van der Waals surface area contributed by atoms with Gasteiger partial charge in [-0.1, -0.05) is 0 Å². The number of halogens is 1. The molecule has 0 fully saturated rings. The van der Waals surface area contributed by atoms with Crippen molar-refractivity contribution in [3.05, 3.63) is 0 Å². The van der Waals surface area contributed by atoms with Crippen LogP contribution in [0.25, 0.3) is 0 Å². The number of hydrogen-bond donors (Lipinski definition) is 1. The molecule has 0 aromatic heterocycles. The Hall–Kier alpha value is 0.670. The van der Waals surface area contributed by atoms with E-state index in [1.54, 1.807) is 22.6 Å². The van der Waals surface area contributed by atoms with Crippen molar-refractivity contribution in [1.82, 2.24) is 0 Å². The van der Waals surface area contributed by atoms with E-state index in [1.807, 2.05) is 0 Å². The zero-order valence-corrected chi connectivity index (χ0v) is 11.3. The largest absolute Gasteiger partial charge is 0.391 e. The highest BCUT2D eigenvalue weighted by atomic mass is 127. The minimum absolute atomic E-state index is 0. The fraction of sp³-hybridized carbons (Fsp3) is 0.857. The lowest BCUT2D eigenvalue weighted by Crippen LogP contribution is -2.36. The maximum Gasteiger partial charge on any atom is 0.189 e. The molecule has 3 nitrogen and oxygen atoms in total. The van der Waals surface area contributed by atoms with E-state index in [1.165, 1.54) is 6.92 Å². The Kier molecular flexibility index (Phi) is 15.0. The number of aliphatic hydroxyl groups excluding tert-OH is 1. The fourth-order valence-corrected chi connectivity index (χ4v) is 0.300. The van der Waals surface area contributed by atoms with Crippen LogP contribution in [0.1, 0.15) is 6.92 Å². The molecule has 0 aliphatic heterocycles. The number of carbonyl (C=O) groups excluding carboxylic acids is 1. The van der Waals surface area contributed by atoms with E-state index < -0.39 is 0 Å². The van der Waals surface area contributed by atoms with Crippen molar-refractivity contribution in [2.24, 2.45) is 0 Å². The number of aliphatic hydroxyl groups is 1. The molecule has 12 heavy (non-hydrogen) atoms. The molecule has 0 rings (SSSR count). The van der Waals surface area contributed by atoms with Gasteiger partial charge in [-0.05, 0) is 22.6 Å². The summed E-state index contributed by atoms with van der Waals surface area (Å²) in [7, 11) is 6.16. The lowest BCUT2D eigenvalue weighted by molar-refractivity contribution is -0.870.